The van der Waals surface area contributed by atoms with Gasteiger partial charge in [0, 0.05) is 25.0 Å². The number of piperidine rings is 1. The van der Waals surface area contributed by atoms with Gasteiger partial charge in [0.05, 0.1) is 6.54 Å². The third-order valence-corrected chi connectivity index (χ3v) is 4.57. The maximum absolute atomic E-state index is 12.6. The van der Waals surface area contributed by atoms with Crippen molar-refractivity contribution in [1.82, 2.24) is 24.6 Å². The second-order valence-corrected chi connectivity index (χ2v) is 6.85. The monoisotopic (exact) mass is 307 g/mol. The van der Waals surface area contributed by atoms with E-state index in [9.17, 15) is 4.79 Å². The fourth-order valence-corrected chi connectivity index (χ4v) is 3.08. The first-order valence-corrected chi connectivity index (χ1v) is 8.27. The van der Waals surface area contributed by atoms with Gasteiger partial charge < -0.3 is 14.4 Å². The Morgan fingerprint density at radius 2 is 1.91 bits per heavy atom. The summed E-state index contributed by atoms with van der Waals surface area (Å²) in [6.07, 6.45) is 3.65. The number of hydrogen-bond donors (Lipinski definition) is 0. The molecule has 6 heteroatoms. The Labute approximate surface area is 133 Å². The first-order chi connectivity index (χ1) is 10.4. The van der Waals surface area contributed by atoms with Gasteiger partial charge in [-0.2, -0.15) is 0 Å². The van der Waals surface area contributed by atoms with Crippen molar-refractivity contribution in [3.05, 3.63) is 12.2 Å². The van der Waals surface area contributed by atoms with Gasteiger partial charge >= 0.3 is 0 Å². The molecule has 0 atom stereocenters. The molecule has 0 aromatic carbocycles. The minimum Gasteiger partial charge on any atom is -0.338 e. The summed E-state index contributed by atoms with van der Waals surface area (Å²) in [7, 11) is 1.87. The van der Waals surface area contributed by atoms with Gasteiger partial charge in [-0.05, 0) is 53.6 Å². The van der Waals surface area contributed by atoms with Crippen LogP contribution in [0.3, 0.4) is 0 Å². The molecule has 1 aromatic rings. The number of likely N-dealkylation sites (tertiary alicyclic amines) is 1. The SMILES string of the molecule is CC(C)N1CCC(C(=O)N(C)Cc2nncn2C(C)C)CC1. The zero-order valence-electron chi connectivity index (χ0n) is 14.5. The van der Waals surface area contributed by atoms with E-state index in [0.29, 0.717) is 18.6 Å². The van der Waals surface area contributed by atoms with Crippen LogP contribution in [0.4, 0.5) is 0 Å². The molecule has 1 aliphatic rings. The van der Waals surface area contributed by atoms with E-state index in [1.165, 1.54) is 0 Å². The fraction of sp³-hybridized carbons (Fsp3) is 0.812. The van der Waals surface area contributed by atoms with Gasteiger partial charge in [0.2, 0.25) is 5.91 Å². The summed E-state index contributed by atoms with van der Waals surface area (Å²) in [6, 6.07) is 0.876. The lowest BCUT2D eigenvalue weighted by Crippen LogP contribution is -2.43. The van der Waals surface area contributed by atoms with Crippen LogP contribution >= 0.6 is 0 Å². The molecule has 0 spiro atoms. The standard InChI is InChI=1S/C16H29N5O/c1-12(2)20-8-6-14(7-9-20)16(22)19(5)10-15-18-17-11-21(15)13(3)4/h11-14H,6-10H2,1-5H3. The van der Waals surface area contributed by atoms with Gasteiger partial charge in [0.1, 0.15) is 6.33 Å². The van der Waals surface area contributed by atoms with Crippen LogP contribution in [0.15, 0.2) is 6.33 Å². The first-order valence-electron chi connectivity index (χ1n) is 8.27. The van der Waals surface area contributed by atoms with Crippen LogP contribution in [0.1, 0.15) is 52.4 Å². The number of carbonyl (C=O) groups is 1. The molecule has 2 heterocycles. The number of nitrogens with zero attached hydrogens (tertiary/aromatic N) is 5. The average Bonchev–Trinajstić information content (AvgIpc) is 2.94. The van der Waals surface area contributed by atoms with Crippen LogP contribution in [0.5, 0.6) is 0 Å². The first kappa shape index (κ1) is 16.9. The molecule has 0 unspecified atom stereocenters. The molecular weight excluding hydrogens is 278 g/mol. The van der Waals surface area contributed by atoms with E-state index in [-0.39, 0.29) is 11.8 Å². The van der Waals surface area contributed by atoms with Crippen molar-refractivity contribution in [2.75, 3.05) is 20.1 Å². The van der Waals surface area contributed by atoms with E-state index in [2.05, 4.69) is 42.8 Å². The van der Waals surface area contributed by atoms with Crippen LogP contribution in [-0.4, -0.2) is 56.7 Å². The molecule has 124 valence electrons. The molecule has 0 aliphatic carbocycles. The van der Waals surface area contributed by atoms with Crippen molar-refractivity contribution in [2.45, 2.75) is 59.2 Å². The van der Waals surface area contributed by atoms with Crippen LogP contribution in [0.2, 0.25) is 0 Å². The van der Waals surface area contributed by atoms with Gasteiger partial charge in [-0.15, -0.1) is 10.2 Å². The molecule has 0 saturated carbocycles. The molecule has 1 aromatic heterocycles. The molecule has 1 aliphatic heterocycles. The summed E-state index contributed by atoms with van der Waals surface area (Å²) in [6.45, 7) is 11.2. The Morgan fingerprint density at radius 3 is 2.45 bits per heavy atom. The third kappa shape index (κ3) is 3.85. The second kappa shape index (κ2) is 7.22. The fourth-order valence-electron chi connectivity index (χ4n) is 3.08. The number of hydrogen-bond acceptors (Lipinski definition) is 4. The molecule has 0 bridgehead atoms. The summed E-state index contributed by atoms with van der Waals surface area (Å²) in [5.41, 5.74) is 0. The van der Waals surface area contributed by atoms with Crippen LogP contribution in [0.25, 0.3) is 0 Å². The summed E-state index contributed by atoms with van der Waals surface area (Å²) in [5, 5.41) is 8.12. The van der Waals surface area contributed by atoms with E-state index < -0.39 is 0 Å². The Balaban J connectivity index is 1.91. The van der Waals surface area contributed by atoms with Gasteiger partial charge in [-0.1, -0.05) is 0 Å². The predicted octanol–water partition coefficient (Wildman–Crippen LogP) is 1.94. The minimum atomic E-state index is 0.149. The Morgan fingerprint density at radius 1 is 1.27 bits per heavy atom. The summed E-state index contributed by atoms with van der Waals surface area (Å²) >= 11 is 0. The molecule has 1 saturated heterocycles. The largest absolute Gasteiger partial charge is 0.338 e. The predicted molar refractivity (Wildman–Crippen MR) is 86.3 cm³/mol. The highest BCUT2D eigenvalue weighted by Crippen LogP contribution is 2.21. The van der Waals surface area contributed by atoms with E-state index in [1.807, 2.05) is 11.6 Å². The van der Waals surface area contributed by atoms with Gasteiger partial charge in [-0.25, -0.2) is 0 Å². The minimum absolute atomic E-state index is 0.149. The molecule has 0 N–H and O–H groups in total. The topological polar surface area (TPSA) is 54.3 Å². The number of carbonyl (C=O) groups excluding carboxylic acids is 1. The van der Waals surface area contributed by atoms with Crippen molar-refractivity contribution in [3.8, 4) is 0 Å². The van der Waals surface area contributed by atoms with Crippen molar-refractivity contribution < 1.29 is 4.79 Å². The lowest BCUT2D eigenvalue weighted by molar-refractivity contribution is -0.136. The highest BCUT2D eigenvalue weighted by molar-refractivity contribution is 5.78. The Bertz CT molecular complexity index is 488. The van der Waals surface area contributed by atoms with Crippen molar-refractivity contribution in [1.29, 1.82) is 0 Å². The molecule has 1 fully saturated rings. The van der Waals surface area contributed by atoms with Crippen molar-refractivity contribution >= 4 is 5.91 Å². The maximum atomic E-state index is 12.6. The van der Waals surface area contributed by atoms with Gasteiger partial charge in [0.15, 0.2) is 5.82 Å². The lowest BCUT2D eigenvalue weighted by atomic mass is 9.94. The molecular formula is C16H29N5O. The van der Waals surface area contributed by atoms with Crippen molar-refractivity contribution in [3.63, 3.8) is 0 Å². The van der Waals surface area contributed by atoms with Crippen molar-refractivity contribution in [2.24, 2.45) is 5.92 Å². The maximum Gasteiger partial charge on any atom is 0.225 e. The quantitative estimate of drug-likeness (QED) is 0.834. The normalized spacial score (nSPS) is 17.4. The molecule has 2 rings (SSSR count). The van der Waals surface area contributed by atoms with E-state index >= 15 is 0 Å². The smallest absolute Gasteiger partial charge is 0.225 e. The van der Waals surface area contributed by atoms with Crippen LogP contribution in [-0.2, 0) is 11.3 Å². The number of rotatable bonds is 5. The molecule has 6 nitrogen and oxygen atoms in total. The van der Waals surface area contributed by atoms with Crippen LogP contribution in [0, 0.1) is 5.92 Å². The second-order valence-electron chi connectivity index (χ2n) is 6.85. The summed E-state index contributed by atoms with van der Waals surface area (Å²) in [5.74, 6) is 1.24. The van der Waals surface area contributed by atoms with E-state index in [0.717, 1.165) is 31.8 Å². The number of aromatic nitrogens is 3. The zero-order valence-corrected chi connectivity index (χ0v) is 14.5. The summed E-state index contributed by atoms with van der Waals surface area (Å²) < 4.78 is 2.02. The Hall–Kier alpha value is -1.43. The Kier molecular flexibility index (Phi) is 5.56. The van der Waals surface area contributed by atoms with E-state index in [1.54, 1.807) is 11.2 Å². The molecule has 1 amide bonds. The zero-order chi connectivity index (χ0) is 16.3. The van der Waals surface area contributed by atoms with Gasteiger partial charge in [-0.3, -0.25) is 4.79 Å². The highest BCUT2D eigenvalue weighted by atomic mass is 16.2. The number of amides is 1. The van der Waals surface area contributed by atoms with E-state index in [4.69, 9.17) is 0 Å². The lowest BCUT2D eigenvalue weighted by Gasteiger charge is -2.35. The van der Waals surface area contributed by atoms with Gasteiger partial charge in [0.25, 0.3) is 0 Å². The highest BCUT2D eigenvalue weighted by Gasteiger charge is 2.28. The molecule has 22 heavy (non-hydrogen) atoms. The summed E-state index contributed by atoms with van der Waals surface area (Å²) in [4.78, 5) is 16.9. The van der Waals surface area contributed by atoms with Crippen LogP contribution < -0.4 is 0 Å². The molecule has 0 radical (unpaired) electrons. The average molecular weight is 307 g/mol. The third-order valence-electron chi connectivity index (χ3n) is 4.57.